The molecule has 0 unspecified atom stereocenters. The van der Waals surface area contributed by atoms with Gasteiger partial charge in [-0.05, 0) is 19.3 Å². The quantitative estimate of drug-likeness (QED) is 0.550. The fraction of sp³-hybridized carbons (Fsp3) is 0.923. The molecule has 0 bridgehead atoms. The molecule has 0 aromatic carbocycles. The SMILES string of the molecule is COCCCOCCOCC(=O)C1CCCC1. The van der Waals surface area contributed by atoms with Gasteiger partial charge in [0.05, 0.1) is 13.2 Å². The maximum atomic E-state index is 11.6. The van der Waals surface area contributed by atoms with E-state index in [-0.39, 0.29) is 18.3 Å². The van der Waals surface area contributed by atoms with Gasteiger partial charge in [0.15, 0.2) is 5.78 Å². The van der Waals surface area contributed by atoms with Crippen molar-refractivity contribution < 1.29 is 19.0 Å². The zero-order valence-electron chi connectivity index (χ0n) is 10.8. The van der Waals surface area contributed by atoms with Crippen molar-refractivity contribution in [1.82, 2.24) is 0 Å². The summed E-state index contributed by atoms with van der Waals surface area (Å²) in [7, 11) is 1.68. The summed E-state index contributed by atoms with van der Waals surface area (Å²) in [5, 5.41) is 0. The van der Waals surface area contributed by atoms with E-state index in [2.05, 4.69) is 0 Å². The van der Waals surface area contributed by atoms with Crippen molar-refractivity contribution in [1.29, 1.82) is 0 Å². The fourth-order valence-corrected chi connectivity index (χ4v) is 2.06. The van der Waals surface area contributed by atoms with Gasteiger partial charge in [0.1, 0.15) is 6.61 Å². The minimum atomic E-state index is 0.256. The zero-order chi connectivity index (χ0) is 12.3. The first-order valence-corrected chi connectivity index (χ1v) is 6.51. The standard InChI is InChI=1S/C13H24O4/c1-15-7-4-8-16-9-10-17-11-13(14)12-5-2-3-6-12/h12H,2-11H2,1H3. The molecule has 0 saturated heterocycles. The molecule has 4 nitrogen and oxygen atoms in total. The number of Topliss-reactive ketones (excluding diaryl/α,β-unsaturated/α-hetero) is 1. The molecular formula is C13H24O4. The topological polar surface area (TPSA) is 44.8 Å². The first-order chi connectivity index (χ1) is 8.34. The molecule has 0 spiro atoms. The molecule has 0 aromatic heterocycles. The number of carbonyl (C=O) groups is 1. The Morgan fingerprint density at radius 3 is 2.47 bits per heavy atom. The summed E-state index contributed by atoms with van der Waals surface area (Å²) in [5.41, 5.74) is 0. The minimum absolute atomic E-state index is 0.256. The Morgan fingerprint density at radius 2 is 1.76 bits per heavy atom. The largest absolute Gasteiger partial charge is 0.385 e. The third kappa shape index (κ3) is 6.76. The van der Waals surface area contributed by atoms with Crippen LogP contribution in [0.15, 0.2) is 0 Å². The van der Waals surface area contributed by atoms with Crippen LogP contribution in [0.25, 0.3) is 0 Å². The van der Waals surface area contributed by atoms with Crippen LogP contribution in [0.5, 0.6) is 0 Å². The highest BCUT2D eigenvalue weighted by atomic mass is 16.5. The molecule has 0 atom stereocenters. The summed E-state index contributed by atoms with van der Waals surface area (Å²) in [4.78, 5) is 11.6. The van der Waals surface area contributed by atoms with Gasteiger partial charge in [0.2, 0.25) is 0 Å². The van der Waals surface area contributed by atoms with Gasteiger partial charge in [-0.2, -0.15) is 0 Å². The highest BCUT2D eigenvalue weighted by Crippen LogP contribution is 2.25. The third-order valence-corrected chi connectivity index (χ3v) is 3.06. The van der Waals surface area contributed by atoms with E-state index >= 15 is 0 Å². The highest BCUT2D eigenvalue weighted by Gasteiger charge is 2.22. The minimum Gasteiger partial charge on any atom is -0.385 e. The fourth-order valence-electron chi connectivity index (χ4n) is 2.06. The van der Waals surface area contributed by atoms with Crippen LogP contribution >= 0.6 is 0 Å². The summed E-state index contributed by atoms with van der Waals surface area (Å²) >= 11 is 0. The highest BCUT2D eigenvalue weighted by molar-refractivity contribution is 5.82. The van der Waals surface area contributed by atoms with Gasteiger partial charge in [-0.15, -0.1) is 0 Å². The number of ketones is 1. The first-order valence-electron chi connectivity index (χ1n) is 6.51. The molecule has 1 fully saturated rings. The molecule has 0 radical (unpaired) electrons. The van der Waals surface area contributed by atoms with Crippen LogP contribution < -0.4 is 0 Å². The summed E-state index contributed by atoms with van der Waals surface area (Å²) < 4.78 is 15.5. The number of methoxy groups -OCH3 is 1. The average Bonchev–Trinajstić information content (AvgIpc) is 2.86. The predicted octanol–water partition coefficient (Wildman–Crippen LogP) is 1.82. The summed E-state index contributed by atoms with van der Waals surface area (Å²) in [5.74, 6) is 0.527. The van der Waals surface area contributed by atoms with Crippen molar-refractivity contribution >= 4 is 5.78 Å². The normalized spacial score (nSPS) is 16.5. The van der Waals surface area contributed by atoms with E-state index in [1.54, 1.807) is 7.11 Å². The Bertz CT molecular complexity index is 200. The summed E-state index contributed by atoms with van der Waals surface area (Å²) in [6.07, 6.45) is 5.39. The lowest BCUT2D eigenvalue weighted by Crippen LogP contribution is -2.19. The van der Waals surface area contributed by atoms with Gasteiger partial charge in [0, 0.05) is 26.2 Å². The molecule has 0 amide bonds. The monoisotopic (exact) mass is 244 g/mol. The zero-order valence-corrected chi connectivity index (χ0v) is 10.8. The molecule has 0 aromatic rings. The summed E-state index contributed by atoms with van der Waals surface area (Å²) in [6, 6.07) is 0. The number of ether oxygens (including phenoxy) is 3. The maximum Gasteiger partial charge on any atom is 0.161 e. The molecule has 4 heteroatoms. The van der Waals surface area contributed by atoms with Crippen LogP contribution in [0.1, 0.15) is 32.1 Å². The van der Waals surface area contributed by atoms with Crippen LogP contribution in [-0.4, -0.2) is 45.9 Å². The Labute approximate surface area is 104 Å². The Balaban J connectivity index is 1.85. The molecule has 1 aliphatic rings. The molecule has 17 heavy (non-hydrogen) atoms. The maximum absolute atomic E-state index is 11.6. The molecule has 0 aliphatic heterocycles. The predicted molar refractivity (Wildman–Crippen MR) is 65.1 cm³/mol. The van der Waals surface area contributed by atoms with Gasteiger partial charge in [-0.25, -0.2) is 0 Å². The second-order valence-electron chi connectivity index (χ2n) is 4.46. The molecule has 1 aliphatic carbocycles. The lowest BCUT2D eigenvalue weighted by atomic mass is 10.0. The van der Waals surface area contributed by atoms with Gasteiger partial charge >= 0.3 is 0 Å². The van der Waals surface area contributed by atoms with Crippen molar-refractivity contribution in [2.45, 2.75) is 32.1 Å². The second kappa shape index (κ2) is 9.57. The van der Waals surface area contributed by atoms with Crippen LogP contribution in [0, 0.1) is 5.92 Å². The van der Waals surface area contributed by atoms with Gasteiger partial charge in [-0.1, -0.05) is 12.8 Å². The van der Waals surface area contributed by atoms with Crippen molar-refractivity contribution in [3.05, 3.63) is 0 Å². The number of carbonyl (C=O) groups excluding carboxylic acids is 1. The van der Waals surface area contributed by atoms with Crippen LogP contribution in [0.2, 0.25) is 0 Å². The van der Waals surface area contributed by atoms with Gasteiger partial charge < -0.3 is 14.2 Å². The van der Waals surface area contributed by atoms with Crippen molar-refractivity contribution in [3.8, 4) is 0 Å². The smallest absolute Gasteiger partial charge is 0.161 e. The third-order valence-electron chi connectivity index (χ3n) is 3.06. The lowest BCUT2D eigenvalue weighted by Gasteiger charge is -2.08. The van der Waals surface area contributed by atoms with E-state index in [0.29, 0.717) is 19.8 Å². The summed E-state index contributed by atoms with van der Waals surface area (Å²) in [6.45, 7) is 2.73. The number of hydrogen-bond acceptors (Lipinski definition) is 4. The average molecular weight is 244 g/mol. The van der Waals surface area contributed by atoms with Crippen molar-refractivity contribution in [2.24, 2.45) is 5.92 Å². The first kappa shape index (κ1) is 14.6. The van der Waals surface area contributed by atoms with Crippen LogP contribution in [0.3, 0.4) is 0 Å². The Morgan fingerprint density at radius 1 is 1.06 bits per heavy atom. The molecule has 0 heterocycles. The second-order valence-corrected chi connectivity index (χ2v) is 4.46. The van der Waals surface area contributed by atoms with Crippen LogP contribution in [0.4, 0.5) is 0 Å². The van der Waals surface area contributed by atoms with Crippen molar-refractivity contribution in [3.63, 3.8) is 0 Å². The van der Waals surface area contributed by atoms with E-state index in [0.717, 1.165) is 25.9 Å². The molecule has 100 valence electrons. The Hall–Kier alpha value is -0.450. The van der Waals surface area contributed by atoms with Crippen LogP contribution in [-0.2, 0) is 19.0 Å². The van der Waals surface area contributed by atoms with E-state index < -0.39 is 0 Å². The van der Waals surface area contributed by atoms with E-state index in [1.807, 2.05) is 0 Å². The molecular weight excluding hydrogens is 220 g/mol. The van der Waals surface area contributed by atoms with E-state index in [1.165, 1.54) is 12.8 Å². The molecule has 1 saturated carbocycles. The van der Waals surface area contributed by atoms with E-state index in [4.69, 9.17) is 14.2 Å². The Kier molecular flexibility index (Phi) is 8.22. The van der Waals surface area contributed by atoms with E-state index in [9.17, 15) is 4.79 Å². The number of rotatable bonds is 10. The molecule has 1 rings (SSSR count). The van der Waals surface area contributed by atoms with Gasteiger partial charge in [0.25, 0.3) is 0 Å². The van der Waals surface area contributed by atoms with Gasteiger partial charge in [-0.3, -0.25) is 4.79 Å². The number of hydrogen-bond donors (Lipinski definition) is 0. The van der Waals surface area contributed by atoms with Crippen molar-refractivity contribution in [2.75, 3.05) is 40.1 Å². The lowest BCUT2D eigenvalue weighted by molar-refractivity contribution is -0.127. The molecule has 0 N–H and O–H groups in total.